The molecule has 0 saturated carbocycles. The predicted molar refractivity (Wildman–Crippen MR) is 71.9 cm³/mol. The Morgan fingerprint density at radius 2 is 2.22 bits per heavy atom. The zero-order valence-electron chi connectivity index (χ0n) is 11.1. The molecule has 1 saturated heterocycles. The lowest BCUT2D eigenvalue weighted by Crippen LogP contribution is -2.28. The Hall–Kier alpha value is -0.610. The van der Waals surface area contributed by atoms with Gasteiger partial charge in [-0.05, 0) is 38.8 Å². The zero-order chi connectivity index (χ0) is 13.2. The average molecular weight is 274 g/mol. The molecule has 0 aromatic carbocycles. The number of aryl methyl sites for hydroxylation is 2. The fourth-order valence-corrected chi connectivity index (χ4v) is 2.94. The molecule has 1 atom stereocenters. The van der Waals surface area contributed by atoms with Crippen molar-refractivity contribution >= 4 is 11.6 Å². The fraction of sp³-hybridized carbons (Fsp3) is 0.769. The Morgan fingerprint density at radius 1 is 1.44 bits per heavy atom. The van der Waals surface area contributed by atoms with Gasteiger partial charge in [0.25, 0.3) is 0 Å². The van der Waals surface area contributed by atoms with Crippen LogP contribution in [-0.2, 0) is 19.9 Å². The van der Waals surface area contributed by atoms with E-state index in [1.54, 1.807) is 4.68 Å². The van der Waals surface area contributed by atoms with E-state index in [1.165, 1.54) is 0 Å². The first-order valence-electron chi connectivity index (χ1n) is 6.65. The maximum absolute atomic E-state index is 14.9. The van der Waals surface area contributed by atoms with Crippen LogP contribution in [0.25, 0.3) is 0 Å². The van der Waals surface area contributed by atoms with Crippen molar-refractivity contribution in [2.75, 3.05) is 13.1 Å². The average Bonchev–Trinajstić information content (AvgIpc) is 2.54. The smallest absolute Gasteiger partial charge is 0.117 e. The summed E-state index contributed by atoms with van der Waals surface area (Å²) >= 11 is 6.29. The van der Waals surface area contributed by atoms with Crippen LogP contribution in [0.15, 0.2) is 0 Å². The summed E-state index contributed by atoms with van der Waals surface area (Å²) in [6.07, 6.45) is 3.19. The van der Waals surface area contributed by atoms with E-state index < -0.39 is 5.67 Å². The zero-order valence-corrected chi connectivity index (χ0v) is 11.9. The van der Waals surface area contributed by atoms with Crippen LogP contribution in [0.1, 0.15) is 37.6 Å². The molecule has 1 aliphatic heterocycles. The molecule has 1 unspecified atom stereocenters. The summed E-state index contributed by atoms with van der Waals surface area (Å²) in [6, 6.07) is 0. The van der Waals surface area contributed by atoms with Crippen LogP contribution >= 0.6 is 11.6 Å². The van der Waals surface area contributed by atoms with Gasteiger partial charge in [-0.25, -0.2) is 4.39 Å². The van der Waals surface area contributed by atoms with Crippen molar-refractivity contribution in [3.8, 4) is 0 Å². The van der Waals surface area contributed by atoms with E-state index in [9.17, 15) is 4.39 Å². The van der Waals surface area contributed by atoms with Crippen LogP contribution in [0.5, 0.6) is 0 Å². The van der Waals surface area contributed by atoms with Crippen LogP contribution in [0.2, 0.25) is 5.02 Å². The largest absolute Gasteiger partial charge is 0.317 e. The van der Waals surface area contributed by atoms with Crippen LogP contribution in [0, 0.1) is 0 Å². The quantitative estimate of drug-likeness (QED) is 0.918. The molecule has 5 heteroatoms. The van der Waals surface area contributed by atoms with Gasteiger partial charge in [0, 0.05) is 13.5 Å². The van der Waals surface area contributed by atoms with E-state index in [-0.39, 0.29) is 0 Å². The molecular formula is C13H21ClFN3. The summed E-state index contributed by atoms with van der Waals surface area (Å²) in [7, 11) is 1.85. The highest BCUT2D eigenvalue weighted by atomic mass is 35.5. The third-order valence-corrected chi connectivity index (χ3v) is 4.15. The van der Waals surface area contributed by atoms with Crippen molar-refractivity contribution in [1.82, 2.24) is 15.1 Å². The maximum Gasteiger partial charge on any atom is 0.117 e. The third kappa shape index (κ3) is 2.86. The van der Waals surface area contributed by atoms with Crippen molar-refractivity contribution < 1.29 is 4.39 Å². The Balaban J connectivity index is 2.19. The van der Waals surface area contributed by atoms with Gasteiger partial charge in [-0.2, -0.15) is 5.10 Å². The van der Waals surface area contributed by atoms with E-state index in [0.717, 1.165) is 37.3 Å². The van der Waals surface area contributed by atoms with Gasteiger partial charge in [-0.15, -0.1) is 0 Å². The minimum atomic E-state index is -1.15. The minimum Gasteiger partial charge on any atom is -0.317 e. The highest BCUT2D eigenvalue weighted by Crippen LogP contribution is 2.32. The highest BCUT2D eigenvalue weighted by molar-refractivity contribution is 6.31. The molecule has 2 rings (SSSR count). The Bertz CT molecular complexity index is 409. The van der Waals surface area contributed by atoms with E-state index in [4.69, 9.17) is 11.6 Å². The van der Waals surface area contributed by atoms with Gasteiger partial charge in [-0.3, -0.25) is 4.68 Å². The number of rotatable bonds is 3. The first kappa shape index (κ1) is 13.8. The number of aromatic nitrogens is 2. The lowest BCUT2D eigenvalue weighted by atomic mass is 9.91. The number of alkyl halides is 1. The number of nitrogens with zero attached hydrogens (tertiary/aromatic N) is 2. The molecule has 0 amide bonds. The SMILES string of the molecule is CCc1nn(C)c(CC2(F)CCCNCC2)c1Cl. The maximum atomic E-state index is 14.9. The van der Waals surface area contributed by atoms with Crippen molar-refractivity contribution in [3.63, 3.8) is 0 Å². The molecule has 3 nitrogen and oxygen atoms in total. The topological polar surface area (TPSA) is 29.9 Å². The van der Waals surface area contributed by atoms with E-state index in [0.29, 0.717) is 24.3 Å². The van der Waals surface area contributed by atoms with Crippen molar-refractivity contribution in [2.45, 2.75) is 44.7 Å². The molecule has 1 aromatic heterocycles. The molecule has 0 spiro atoms. The monoisotopic (exact) mass is 273 g/mol. The van der Waals surface area contributed by atoms with Gasteiger partial charge in [-0.1, -0.05) is 18.5 Å². The second-order valence-corrected chi connectivity index (χ2v) is 5.49. The van der Waals surface area contributed by atoms with E-state index >= 15 is 0 Å². The van der Waals surface area contributed by atoms with Gasteiger partial charge >= 0.3 is 0 Å². The van der Waals surface area contributed by atoms with Crippen molar-refractivity contribution in [1.29, 1.82) is 0 Å². The first-order valence-corrected chi connectivity index (χ1v) is 7.03. The number of halogens is 2. The normalized spacial score (nSPS) is 25.1. The predicted octanol–water partition coefficient (Wildman–Crippen LogP) is 2.66. The fourth-order valence-electron chi connectivity index (χ4n) is 2.58. The molecule has 1 aliphatic rings. The van der Waals surface area contributed by atoms with Gasteiger partial charge in [0.1, 0.15) is 5.67 Å². The van der Waals surface area contributed by atoms with E-state index in [2.05, 4.69) is 10.4 Å². The molecule has 0 aliphatic carbocycles. The molecule has 1 fully saturated rings. The summed E-state index contributed by atoms with van der Waals surface area (Å²) in [5.41, 5.74) is 0.550. The molecule has 1 aromatic rings. The molecule has 1 N–H and O–H groups in total. The van der Waals surface area contributed by atoms with Crippen molar-refractivity contribution in [3.05, 3.63) is 16.4 Å². The van der Waals surface area contributed by atoms with Crippen LogP contribution in [0.3, 0.4) is 0 Å². The molecular weight excluding hydrogens is 253 g/mol. The summed E-state index contributed by atoms with van der Waals surface area (Å²) in [5, 5.41) is 8.24. The molecule has 2 heterocycles. The standard InChI is InChI=1S/C13H21ClFN3/c1-3-10-12(14)11(18(2)17-10)9-13(15)5-4-7-16-8-6-13/h16H,3-9H2,1-2H3. The first-order chi connectivity index (χ1) is 8.56. The second kappa shape index (κ2) is 5.57. The Morgan fingerprint density at radius 3 is 2.89 bits per heavy atom. The van der Waals surface area contributed by atoms with Gasteiger partial charge in [0.2, 0.25) is 0 Å². The third-order valence-electron chi connectivity index (χ3n) is 3.72. The highest BCUT2D eigenvalue weighted by Gasteiger charge is 2.33. The second-order valence-electron chi connectivity index (χ2n) is 5.12. The van der Waals surface area contributed by atoms with Crippen molar-refractivity contribution in [2.24, 2.45) is 7.05 Å². The summed E-state index contributed by atoms with van der Waals surface area (Å²) < 4.78 is 16.6. The lowest BCUT2D eigenvalue weighted by molar-refractivity contribution is 0.141. The molecule has 0 bridgehead atoms. The van der Waals surface area contributed by atoms with Gasteiger partial charge in [0.15, 0.2) is 0 Å². The van der Waals surface area contributed by atoms with Gasteiger partial charge in [0.05, 0.1) is 16.4 Å². The minimum absolute atomic E-state index is 0.372. The molecule has 18 heavy (non-hydrogen) atoms. The molecule has 0 radical (unpaired) electrons. The van der Waals surface area contributed by atoms with Gasteiger partial charge < -0.3 is 5.32 Å². The van der Waals surface area contributed by atoms with Crippen LogP contribution < -0.4 is 5.32 Å². The van der Waals surface area contributed by atoms with E-state index in [1.807, 2.05) is 14.0 Å². The number of hydrogen-bond donors (Lipinski definition) is 1. The lowest BCUT2D eigenvalue weighted by Gasteiger charge is -2.23. The summed E-state index contributed by atoms with van der Waals surface area (Å²) in [4.78, 5) is 0. The number of nitrogens with one attached hydrogen (secondary N) is 1. The Labute approximate surface area is 113 Å². The summed E-state index contributed by atoms with van der Waals surface area (Å²) in [5.74, 6) is 0. The van der Waals surface area contributed by atoms with Crippen LogP contribution in [-0.4, -0.2) is 28.5 Å². The molecule has 102 valence electrons. The Kier molecular flexibility index (Phi) is 4.28. The van der Waals surface area contributed by atoms with Crippen LogP contribution in [0.4, 0.5) is 4.39 Å². The number of hydrogen-bond acceptors (Lipinski definition) is 2. The summed E-state index contributed by atoms with van der Waals surface area (Å²) in [6.45, 7) is 3.66.